The first kappa shape index (κ1) is 19.8. The van der Waals surface area contributed by atoms with Crippen LogP contribution in [-0.4, -0.2) is 49.2 Å². The van der Waals surface area contributed by atoms with Crippen molar-refractivity contribution in [3.8, 4) is 0 Å². The zero-order chi connectivity index (χ0) is 15.8. The molecule has 5 nitrogen and oxygen atoms in total. The predicted octanol–water partition coefficient (Wildman–Crippen LogP) is 1.48. The lowest BCUT2D eigenvalue weighted by Gasteiger charge is -2.21. The molecule has 0 aromatic carbocycles. The van der Waals surface area contributed by atoms with Crippen LogP contribution in [0.4, 0.5) is 0 Å². The summed E-state index contributed by atoms with van der Waals surface area (Å²) in [6, 6.07) is -0.0982. The minimum Gasteiger partial charge on any atom is -0.392 e. The van der Waals surface area contributed by atoms with Crippen LogP contribution in [0, 0.1) is 0 Å². The van der Waals surface area contributed by atoms with Gasteiger partial charge in [-0.25, -0.2) is 13.1 Å². The van der Waals surface area contributed by atoms with E-state index in [2.05, 4.69) is 23.5 Å². The van der Waals surface area contributed by atoms with Crippen LogP contribution >= 0.6 is 12.2 Å². The minimum atomic E-state index is -3.46. The molecule has 0 fully saturated rings. The van der Waals surface area contributed by atoms with E-state index >= 15 is 0 Å². The second kappa shape index (κ2) is 9.65. The molecule has 0 amide bonds. The van der Waals surface area contributed by atoms with E-state index in [1.807, 2.05) is 6.92 Å². The fraction of sp³-hybridized carbons (Fsp3) is 0.923. The SMILES string of the molecule is CCC(C(N)=S)S(=O)(=O)NC(C)CCCN(CC)CC. The lowest BCUT2D eigenvalue weighted by atomic mass is 10.2. The first-order valence-corrected chi connectivity index (χ1v) is 9.26. The topological polar surface area (TPSA) is 75.4 Å². The Labute approximate surface area is 129 Å². The average molecular weight is 324 g/mol. The van der Waals surface area contributed by atoms with E-state index in [-0.39, 0.29) is 11.0 Å². The molecule has 0 rings (SSSR count). The Morgan fingerprint density at radius 1 is 1.30 bits per heavy atom. The lowest BCUT2D eigenvalue weighted by Crippen LogP contribution is -2.45. The molecule has 0 aromatic heterocycles. The summed E-state index contributed by atoms with van der Waals surface area (Å²) in [4.78, 5) is 2.36. The molecule has 0 saturated heterocycles. The third-order valence-corrected chi connectivity index (χ3v) is 5.94. The van der Waals surface area contributed by atoms with Crippen molar-refractivity contribution >= 4 is 27.2 Å². The maximum atomic E-state index is 12.1. The molecule has 0 heterocycles. The number of rotatable bonds is 11. The van der Waals surface area contributed by atoms with Gasteiger partial charge < -0.3 is 10.6 Å². The zero-order valence-corrected chi connectivity index (χ0v) is 14.7. The Morgan fingerprint density at radius 2 is 1.85 bits per heavy atom. The third kappa shape index (κ3) is 6.97. The molecule has 7 heteroatoms. The smallest absolute Gasteiger partial charge is 0.221 e. The van der Waals surface area contributed by atoms with Gasteiger partial charge in [-0.2, -0.15) is 0 Å². The Kier molecular flexibility index (Phi) is 9.54. The van der Waals surface area contributed by atoms with Gasteiger partial charge in [0, 0.05) is 6.04 Å². The van der Waals surface area contributed by atoms with Crippen LogP contribution in [0.3, 0.4) is 0 Å². The van der Waals surface area contributed by atoms with E-state index in [0.29, 0.717) is 6.42 Å². The standard InChI is InChI=1S/C13H29N3O2S2/c1-5-12(13(14)19)20(17,18)15-11(4)9-8-10-16(6-2)7-3/h11-12,15H,5-10H2,1-4H3,(H2,14,19). The van der Waals surface area contributed by atoms with E-state index in [0.717, 1.165) is 32.5 Å². The first-order chi connectivity index (χ1) is 9.28. The number of nitrogens with two attached hydrogens (primary N) is 1. The van der Waals surface area contributed by atoms with Crippen LogP contribution in [0.1, 0.15) is 47.0 Å². The molecular formula is C13H29N3O2S2. The molecule has 3 N–H and O–H groups in total. The number of nitrogens with zero attached hydrogens (tertiary/aromatic N) is 1. The molecule has 0 bridgehead atoms. The van der Waals surface area contributed by atoms with Gasteiger partial charge in [0.1, 0.15) is 5.25 Å². The number of thiocarbonyl (C=S) groups is 1. The molecule has 0 aromatic rings. The molecule has 0 saturated carbocycles. The van der Waals surface area contributed by atoms with Gasteiger partial charge in [-0.1, -0.05) is 33.0 Å². The third-order valence-electron chi connectivity index (χ3n) is 3.43. The molecule has 0 aliphatic carbocycles. The maximum Gasteiger partial charge on any atom is 0.221 e. The van der Waals surface area contributed by atoms with Crippen molar-refractivity contribution in [2.45, 2.75) is 58.2 Å². The summed E-state index contributed by atoms with van der Waals surface area (Å²) in [6.45, 7) is 10.9. The van der Waals surface area contributed by atoms with Crippen molar-refractivity contribution in [1.82, 2.24) is 9.62 Å². The highest BCUT2D eigenvalue weighted by Gasteiger charge is 2.27. The second-order valence-corrected chi connectivity index (χ2v) is 7.40. The molecule has 0 aliphatic rings. The van der Waals surface area contributed by atoms with E-state index in [1.165, 1.54) is 0 Å². The van der Waals surface area contributed by atoms with Crippen molar-refractivity contribution in [2.75, 3.05) is 19.6 Å². The summed E-state index contributed by atoms with van der Waals surface area (Å²) >= 11 is 4.82. The van der Waals surface area contributed by atoms with Crippen LogP contribution in [0.25, 0.3) is 0 Å². The van der Waals surface area contributed by atoms with Crippen molar-refractivity contribution in [1.29, 1.82) is 0 Å². The van der Waals surface area contributed by atoms with E-state index in [4.69, 9.17) is 18.0 Å². The summed E-state index contributed by atoms with van der Waals surface area (Å²) in [5.41, 5.74) is 5.49. The van der Waals surface area contributed by atoms with Gasteiger partial charge in [0.15, 0.2) is 0 Å². The minimum absolute atomic E-state index is 0.0374. The van der Waals surface area contributed by atoms with Gasteiger partial charge in [-0.05, 0) is 45.8 Å². The van der Waals surface area contributed by atoms with Gasteiger partial charge >= 0.3 is 0 Å². The summed E-state index contributed by atoms with van der Waals surface area (Å²) in [5.74, 6) is 0. The van der Waals surface area contributed by atoms with E-state index in [9.17, 15) is 8.42 Å². The summed E-state index contributed by atoms with van der Waals surface area (Å²) < 4.78 is 27.0. The highest BCUT2D eigenvalue weighted by atomic mass is 32.2. The number of hydrogen-bond acceptors (Lipinski definition) is 4. The molecule has 2 atom stereocenters. The average Bonchev–Trinajstić information content (AvgIpc) is 2.33. The van der Waals surface area contributed by atoms with E-state index < -0.39 is 15.3 Å². The largest absolute Gasteiger partial charge is 0.392 e. The van der Waals surface area contributed by atoms with Gasteiger partial charge in [-0.3, -0.25) is 0 Å². The van der Waals surface area contributed by atoms with Gasteiger partial charge in [-0.15, -0.1) is 0 Å². The molecule has 0 spiro atoms. The van der Waals surface area contributed by atoms with Crippen LogP contribution in [0.5, 0.6) is 0 Å². The summed E-state index contributed by atoms with van der Waals surface area (Å²) in [6.07, 6.45) is 2.18. The molecule has 2 unspecified atom stereocenters. The molecule has 20 heavy (non-hydrogen) atoms. The Morgan fingerprint density at radius 3 is 2.25 bits per heavy atom. The normalized spacial score (nSPS) is 15.2. The van der Waals surface area contributed by atoms with Crippen molar-refractivity contribution < 1.29 is 8.42 Å². The molecule has 0 radical (unpaired) electrons. The summed E-state index contributed by atoms with van der Waals surface area (Å²) in [5, 5.41) is -0.775. The Balaban J connectivity index is 4.31. The van der Waals surface area contributed by atoms with Gasteiger partial charge in [0.2, 0.25) is 10.0 Å². The first-order valence-electron chi connectivity index (χ1n) is 7.31. The fourth-order valence-electron chi connectivity index (χ4n) is 2.16. The number of nitrogens with one attached hydrogen (secondary N) is 1. The van der Waals surface area contributed by atoms with Gasteiger partial charge in [0.05, 0.1) is 4.99 Å². The second-order valence-electron chi connectivity index (χ2n) is 5.03. The van der Waals surface area contributed by atoms with Crippen LogP contribution < -0.4 is 10.5 Å². The molecule has 120 valence electrons. The Bertz CT molecular complexity index is 381. The lowest BCUT2D eigenvalue weighted by molar-refractivity contribution is 0.293. The highest BCUT2D eigenvalue weighted by molar-refractivity contribution is 7.93. The zero-order valence-electron chi connectivity index (χ0n) is 13.1. The Hall–Kier alpha value is -0.240. The van der Waals surface area contributed by atoms with Crippen molar-refractivity contribution in [3.05, 3.63) is 0 Å². The fourth-order valence-corrected chi connectivity index (χ4v) is 4.29. The number of sulfonamides is 1. The van der Waals surface area contributed by atoms with Gasteiger partial charge in [0.25, 0.3) is 0 Å². The maximum absolute atomic E-state index is 12.1. The van der Waals surface area contributed by atoms with Crippen LogP contribution in [0.15, 0.2) is 0 Å². The summed E-state index contributed by atoms with van der Waals surface area (Å²) in [7, 11) is -3.46. The van der Waals surface area contributed by atoms with Crippen molar-refractivity contribution in [3.63, 3.8) is 0 Å². The van der Waals surface area contributed by atoms with Crippen LogP contribution in [0.2, 0.25) is 0 Å². The highest BCUT2D eigenvalue weighted by Crippen LogP contribution is 2.08. The van der Waals surface area contributed by atoms with E-state index in [1.54, 1.807) is 6.92 Å². The van der Waals surface area contributed by atoms with Crippen LogP contribution in [-0.2, 0) is 10.0 Å². The number of hydrogen-bond donors (Lipinski definition) is 2. The monoisotopic (exact) mass is 323 g/mol. The quantitative estimate of drug-likeness (QED) is 0.563. The molecular weight excluding hydrogens is 294 g/mol. The predicted molar refractivity (Wildman–Crippen MR) is 89.4 cm³/mol. The molecule has 0 aliphatic heterocycles. The van der Waals surface area contributed by atoms with Crippen molar-refractivity contribution in [2.24, 2.45) is 5.73 Å².